The van der Waals surface area contributed by atoms with E-state index >= 15 is 0 Å². The molecule has 5 rings (SSSR count). The van der Waals surface area contributed by atoms with Gasteiger partial charge in [0.1, 0.15) is 5.82 Å². The van der Waals surface area contributed by atoms with Gasteiger partial charge in [-0.2, -0.15) is 0 Å². The summed E-state index contributed by atoms with van der Waals surface area (Å²) < 4.78 is 20.1. The van der Waals surface area contributed by atoms with Crippen LogP contribution in [0.2, 0.25) is 5.02 Å². The predicted molar refractivity (Wildman–Crippen MR) is 116 cm³/mol. The minimum atomic E-state index is -0.521. The van der Waals surface area contributed by atoms with Crippen molar-refractivity contribution in [2.45, 2.75) is 12.8 Å². The first kappa shape index (κ1) is 19.3. The Hall–Kier alpha value is -3.64. The molecule has 7 heteroatoms. The molecule has 0 saturated carbocycles. The molecule has 1 atom stereocenters. The van der Waals surface area contributed by atoms with Crippen molar-refractivity contribution in [2.24, 2.45) is 5.16 Å². The van der Waals surface area contributed by atoms with Gasteiger partial charge in [0.2, 0.25) is 12.1 Å². The minimum absolute atomic E-state index is 0.293. The van der Waals surface area contributed by atoms with Gasteiger partial charge in [-0.1, -0.05) is 47.1 Å². The Morgan fingerprint density at radius 1 is 1.00 bits per heavy atom. The maximum absolute atomic E-state index is 14.5. The second-order valence-electron chi connectivity index (χ2n) is 7.05. The summed E-state index contributed by atoms with van der Waals surface area (Å²) in [7, 11) is 0. The van der Waals surface area contributed by atoms with Crippen molar-refractivity contribution in [1.82, 2.24) is 9.88 Å². The summed E-state index contributed by atoms with van der Waals surface area (Å²) in [6.45, 7) is 0.369. The highest BCUT2D eigenvalue weighted by Gasteiger charge is 2.34. The zero-order chi connectivity index (χ0) is 21.2. The lowest BCUT2D eigenvalue weighted by molar-refractivity contribution is 0.00576. The number of hydrogen-bond donors (Lipinski definition) is 0. The fraction of sp³-hybridized carbons (Fsp3) is 0.0833. The largest absolute Gasteiger partial charge is 0.461 e. The van der Waals surface area contributed by atoms with Crippen LogP contribution >= 0.6 is 11.6 Å². The molecule has 0 spiro atoms. The third kappa shape index (κ3) is 3.78. The van der Waals surface area contributed by atoms with Gasteiger partial charge in [0.15, 0.2) is 5.76 Å². The topological polar surface area (TPSA) is 50.9 Å². The molecule has 0 fully saturated rings. The minimum Gasteiger partial charge on any atom is -0.461 e. The van der Waals surface area contributed by atoms with Crippen molar-refractivity contribution in [3.8, 4) is 11.1 Å². The summed E-state index contributed by atoms with van der Waals surface area (Å²) in [4.78, 5) is 12.0. The number of oxime groups is 1. The lowest BCUT2D eigenvalue weighted by Crippen LogP contribution is -2.31. The van der Waals surface area contributed by atoms with Crippen LogP contribution in [-0.2, 0) is 11.4 Å². The highest BCUT2D eigenvalue weighted by molar-refractivity contribution is 6.30. The Morgan fingerprint density at radius 3 is 2.71 bits per heavy atom. The highest BCUT2D eigenvalue weighted by atomic mass is 35.5. The van der Waals surface area contributed by atoms with Crippen LogP contribution in [-0.4, -0.2) is 15.7 Å². The number of benzene rings is 2. The quantitative estimate of drug-likeness (QED) is 0.385. The van der Waals surface area contributed by atoms with Crippen molar-refractivity contribution in [3.63, 3.8) is 0 Å². The molecule has 0 amide bonds. The first-order chi connectivity index (χ1) is 15.2. The standard InChI is InChI=1S/C24H17ClFN3O2/c25-18-6-3-5-16(13-18)24-29(23(28-31-24)22-9-4-12-30-22)15-17-14-27-11-10-19(17)20-7-1-2-8-21(20)26/h1-14,24H,15H2. The van der Waals surface area contributed by atoms with Crippen molar-refractivity contribution in [3.05, 3.63) is 113 Å². The van der Waals surface area contributed by atoms with Crippen LogP contribution in [0.3, 0.4) is 0 Å². The molecule has 2 aromatic carbocycles. The Morgan fingerprint density at radius 2 is 1.90 bits per heavy atom. The molecule has 154 valence electrons. The number of halogens is 2. The van der Waals surface area contributed by atoms with Gasteiger partial charge >= 0.3 is 0 Å². The molecule has 1 unspecified atom stereocenters. The van der Waals surface area contributed by atoms with Crippen LogP contribution in [0.4, 0.5) is 4.39 Å². The molecule has 1 aliphatic rings. The van der Waals surface area contributed by atoms with Gasteiger partial charge in [-0.25, -0.2) is 4.39 Å². The van der Waals surface area contributed by atoms with Crippen LogP contribution in [0.15, 0.2) is 95.0 Å². The van der Waals surface area contributed by atoms with Crippen LogP contribution in [0, 0.1) is 5.82 Å². The molecule has 0 aliphatic carbocycles. The molecule has 4 aromatic rings. The van der Waals surface area contributed by atoms with Gasteiger partial charge < -0.3 is 14.2 Å². The van der Waals surface area contributed by atoms with Gasteiger partial charge in [0, 0.05) is 28.5 Å². The third-order valence-electron chi connectivity index (χ3n) is 5.08. The number of pyridine rings is 1. The average molecular weight is 434 g/mol. The Kier molecular flexibility index (Phi) is 5.14. The molecule has 31 heavy (non-hydrogen) atoms. The number of hydrogen-bond acceptors (Lipinski definition) is 5. The van der Waals surface area contributed by atoms with E-state index in [-0.39, 0.29) is 5.82 Å². The van der Waals surface area contributed by atoms with E-state index in [0.717, 1.165) is 16.7 Å². The van der Waals surface area contributed by atoms with Crippen LogP contribution in [0.1, 0.15) is 23.1 Å². The molecule has 0 radical (unpaired) electrons. The van der Waals surface area contributed by atoms with E-state index in [2.05, 4.69) is 10.1 Å². The highest BCUT2D eigenvalue weighted by Crippen LogP contribution is 2.35. The molecule has 2 aromatic heterocycles. The number of nitrogens with zero attached hydrogens (tertiary/aromatic N) is 3. The maximum atomic E-state index is 14.5. The third-order valence-corrected chi connectivity index (χ3v) is 5.31. The zero-order valence-corrected chi connectivity index (χ0v) is 17.0. The van der Waals surface area contributed by atoms with E-state index in [9.17, 15) is 4.39 Å². The fourth-order valence-electron chi connectivity index (χ4n) is 3.65. The Balaban J connectivity index is 1.56. The van der Waals surface area contributed by atoms with Crippen molar-refractivity contribution in [1.29, 1.82) is 0 Å². The zero-order valence-electron chi connectivity index (χ0n) is 16.3. The summed E-state index contributed by atoms with van der Waals surface area (Å²) >= 11 is 6.21. The van der Waals surface area contributed by atoms with Crippen LogP contribution in [0.5, 0.6) is 0 Å². The maximum Gasteiger partial charge on any atom is 0.227 e. The summed E-state index contributed by atoms with van der Waals surface area (Å²) in [5, 5.41) is 4.87. The second-order valence-corrected chi connectivity index (χ2v) is 7.48. The molecule has 1 aliphatic heterocycles. The van der Waals surface area contributed by atoms with Gasteiger partial charge in [-0.15, -0.1) is 0 Å². The Bertz CT molecular complexity index is 1240. The van der Waals surface area contributed by atoms with Crippen LogP contribution < -0.4 is 0 Å². The van der Waals surface area contributed by atoms with E-state index in [1.54, 1.807) is 42.9 Å². The molecule has 0 bridgehead atoms. The van der Waals surface area contributed by atoms with E-state index in [0.29, 0.717) is 28.7 Å². The monoisotopic (exact) mass is 433 g/mol. The number of aromatic nitrogens is 1. The number of furan rings is 1. The average Bonchev–Trinajstić information content (AvgIpc) is 3.45. The molecular formula is C24H17ClFN3O2. The SMILES string of the molecule is Fc1ccccc1-c1ccncc1CN1C(c2ccco2)=NOC1c1cccc(Cl)c1. The van der Waals surface area contributed by atoms with Gasteiger partial charge in [-0.3, -0.25) is 4.98 Å². The molecule has 3 heterocycles. The van der Waals surface area contributed by atoms with Gasteiger partial charge in [0.25, 0.3) is 0 Å². The van der Waals surface area contributed by atoms with Crippen LogP contribution in [0.25, 0.3) is 11.1 Å². The normalized spacial score (nSPS) is 15.6. The van der Waals surface area contributed by atoms with Gasteiger partial charge in [-0.05, 0) is 47.5 Å². The second kappa shape index (κ2) is 8.24. The van der Waals surface area contributed by atoms with E-state index in [4.69, 9.17) is 20.9 Å². The summed E-state index contributed by atoms with van der Waals surface area (Å²) in [6.07, 6.45) is 4.45. The first-order valence-corrected chi connectivity index (χ1v) is 10.1. The van der Waals surface area contributed by atoms with E-state index < -0.39 is 6.23 Å². The smallest absolute Gasteiger partial charge is 0.227 e. The van der Waals surface area contributed by atoms with Crippen molar-refractivity contribution in [2.75, 3.05) is 0 Å². The number of amidine groups is 1. The fourth-order valence-corrected chi connectivity index (χ4v) is 3.85. The lowest BCUT2D eigenvalue weighted by atomic mass is 10.0. The summed E-state index contributed by atoms with van der Waals surface area (Å²) in [5.74, 6) is 0.818. The predicted octanol–water partition coefficient (Wildman–Crippen LogP) is 6.03. The van der Waals surface area contributed by atoms with E-state index in [1.165, 1.54) is 6.07 Å². The first-order valence-electron chi connectivity index (χ1n) is 9.68. The Labute approximate surface area is 183 Å². The van der Waals surface area contributed by atoms with Crippen molar-refractivity contribution < 1.29 is 13.6 Å². The van der Waals surface area contributed by atoms with Gasteiger partial charge in [0.05, 0.1) is 12.8 Å². The molecule has 0 saturated heterocycles. The summed E-state index contributed by atoms with van der Waals surface area (Å²) in [5.41, 5.74) is 2.93. The van der Waals surface area contributed by atoms with Crippen molar-refractivity contribution >= 4 is 17.4 Å². The molecular weight excluding hydrogens is 417 g/mol. The molecule has 0 N–H and O–H groups in total. The number of rotatable bonds is 5. The lowest BCUT2D eigenvalue weighted by Gasteiger charge is -2.26. The van der Waals surface area contributed by atoms with E-state index in [1.807, 2.05) is 41.3 Å². The molecule has 5 nitrogen and oxygen atoms in total. The summed E-state index contributed by atoms with van der Waals surface area (Å²) in [6, 6.07) is 19.5.